The van der Waals surface area contributed by atoms with Crippen molar-refractivity contribution in [3.63, 3.8) is 0 Å². The highest BCUT2D eigenvalue weighted by atomic mass is 16.1. The number of amides is 1. The number of para-hydroxylation sites is 2. The van der Waals surface area contributed by atoms with Gasteiger partial charge in [-0.05, 0) is 12.1 Å². The molecule has 1 amide bonds. The first kappa shape index (κ1) is 12.5. The van der Waals surface area contributed by atoms with Gasteiger partial charge in [0.25, 0.3) is 5.91 Å². The molecule has 0 bridgehead atoms. The molecule has 3 aromatic heterocycles. The van der Waals surface area contributed by atoms with Crippen molar-refractivity contribution in [2.45, 2.75) is 6.54 Å². The number of aromatic amines is 2. The van der Waals surface area contributed by atoms with Gasteiger partial charge in [-0.1, -0.05) is 12.1 Å². The summed E-state index contributed by atoms with van der Waals surface area (Å²) in [7, 11) is 0. The van der Waals surface area contributed by atoms with Crippen LogP contribution in [0.5, 0.6) is 0 Å². The van der Waals surface area contributed by atoms with Crippen LogP contribution in [0, 0.1) is 0 Å². The lowest BCUT2D eigenvalue weighted by atomic mass is 10.2. The predicted molar refractivity (Wildman–Crippen MR) is 81.2 cm³/mol. The third kappa shape index (κ3) is 2.08. The number of nitrogens with one attached hydrogen (secondary N) is 3. The lowest BCUT2D eigenvalue weighted by molar-refractivity contribution is 0.0951. The molecule has 0 radical (unpaired) electrons. The molecule has 108 valence electrons. The minimum absolute atomic E-state index is 0.193. The number of nitrogens with zero attached hydrogens (tertiary/aromatic N) is 3. The molecule has 3 N–H and O–H groups in total. The zero-order chi connectivity index (χ0) is 14.9. The molecular weight excluding hydrogens is 280 g/mol. The Morgan fingerprint density at radius 3 is 3.09 bits per heavy atom. The van der Waals surface area contributed by atoms with Crippen LogP contribution in [0.1, 0.15) is 16.2 Å². The van der Waals surface area contributed by atoms with E-state index in [9.17, 15) is 4.79 Å². The zero-order valence-corrected chi connectivity index (χ0v) is 11.5. The Hall–Kier alpha value is -3.22. The number of benzene rings is 1. The molecule has 0 unspecified atom stereocenters. The van der Waals surface area contributed by atoms with E-state index in [-0.39, 0.29) is 5.91 Å². The number of aromatic nitrogens is 5. The van der Waals surface area contributed by atoms with Gasteiger partial charge < -0.3 is 15.3 Å². The predicted octanol–water partition coefficient (Wildman–Crippen LogP) is 1.76. The van der Waals surface area contributed by atoms with Crippen LogP contribution >= 0.6 is 0 Å². The molecule has 1 aromatic carbocycles. The molecule has 0 atom stereocenters. The van der Waals surface area contributed by atoms with E-state index in [2.05, 4.69) is 30.2 Å². The standard InChI is InChI=1S/C15H12N6O/c22-15(10-6-17-14-9(10)5-16-8-19-14)18-7-13-20-11-3-1-2-4-12(11)21-13/h1-6,8H,7H2,(H,18,22)(H,20,21)(H,16,17,19). The number of fused-ring (bicyclic) bond motifs is 2. The second kappa shape index (κ2) is 4.96. The van der Waals surface area contributed by atoms with Gasteiger partial charge in [-0.25, -0.2) is 15.0 Å². The van der Waals surface area contributed by atoms with E-state index in [0.29, 0.717) is 29.0 Å². The quantitative estimate of drug-likeness (QED) is 0.535. The van der Waals surface area contributed by atoms with Gasteiger partial charge in [0.2, 0.25) is 0 Å². The first-order valence-electron chi connectivity index (χ1n) is 6.80. The van der Waals surface area contributed by atoms with Gasteiger partial charge in [0.05, 0.1) is 23.1 Å². The largest absolute Gasteiger partial charge is 0.345 e. The molecule has 22 heavy (non-hydrogen) atoms. The Morgan fingerprint density at radius 2 is 2.18 bits per heavy atom. The average Bonchev–Trinajstić information content (AvgIpc) is 3.16. The van der Waals surface area contributed by atoms with Gasteiger partial charge in [-0.15, -0.1) is 0 Å². The van der Waals surface area contributed by atoms with Crippen LogP contribution in [0.2, 0.25) is 0 Å². The fourth-order valence-corrected chi connectivity index (χ4v) is 2.40. The van der Waals surface area contributed by atoms with Gasteiger partial charge in [-0.2, -0.15) is 0 Å². The van der Waals surface area contributed by atoms with Crippen molar-refractivity contribution in [2.75, 3.05) is 0 Å². The maximum atomic E-state index is 12.3. The molecule has 0 aliphatic carbocycles. The van der Waals surface area contributed by atoms with E-state index in [1.165, 1.54) is 6.33 Å². The van der Waals surface area contributed by atoms with Crippen molar-refractivity contribution < 1.29 is 4.79 Å². The minimum atomic E-state index is -0.193. The number of carbonyl (C=O) groups is 1. The van der Waals surface area contributed by atoms with Gasteiger partial charge >= 0.3 is 0 Å². The maximum absolute atomic E-state index is 12.3. The second-order valence-electron chi connectivity index (χ2n) is 4.87. The Balaban J connectivity index is 1.54. The molecule has 4 aromatic rings. The van der Waals surface area contributed by atoms with Gasteiger partial charge in [0.1, 0.15) is 17.8 Å². The lowest BCUT2D eigenvalue weighted by Crippen LogP contribution is -2.23. The molecule has 0 saturated heterocycles. The van der Waals surface area contributed by atoms with Crippen LogP contribution in [0.3, 0.4) is 0 Å². The zero-order valence-electron chi connectivity index (χ0n) is 11.5. The minimum Gasteiger partial charge on any atom is -0.345 e. The molecule has 0 spiro atoms. The molecule has 3 heterocycles. The summed E-state index contributed by atoms with van der Waals surface area (Å²) in [6, 6.07) is 7.74. The Labute approximate surface area is 124 Å². The second-order valence-corrected chi connectivity index (χ2v) is 4.87. The molecule has 7 heteroatoms. The number of imidazole rings is 1. The van der Waals surface area contributed by atoms with E-state index in [1.54, 1.807) is 12.4 Å². The van der Waals surface area contributed by atoms with Crippen molar-refractivity contribution in [1.82, 2.24) is 30.2 Å². The molecule has 0 aliphatic heterocycles. The third-order valence-electron chi connectivity index (χ3n) is 3.46. The summed E-state index contributed by atoms with van der Waals surface area (Å²) in [6.45, 7) is 0.327. The molecule has 4 rings (SSSR count). The smallest absolute Gasteiger partial charge is 0.253 e. The summed E-state index contributed by atoms with van der Waals surface area (Å²) < 4.78 is 0. The molecular formula is C15H12N6O. The molecule has 0 aliphatic rings. The van der Waals surface area contributed by atoms with E-state index in [4.69, 9.17) is 0 Å². The number of carbonyl (C=O) groups excluding carboxylic acids is 1. The highest BCUT2D eigenvalue weighted by Crippen LogP contribution is 2.14. The highest BCUT2D eigenvalue weighted by molar-refractivity contribution is 6.05. The van der Waals surface area contributed by atoms with Crippen molar-refractivity contribution in [1.29, 1.82) is 0 Å². The van der Waals surface area contributed by atoms with Gasteiger partial charge in [0.15, 0.2) is 0 Å². The topological polar surface area (TPSA) is 99.3 Å². The summed E-state index contributed by atoms with van der Waals surface area (Å²) in [4.78, 5) is 30.8. The van der Waals surface area contributed by atoms with Crippen molar-refractivity contribution in [3.8, 4) is 0 Å². The van der Waals surface area contributed by atoms with Crippen LogP contribution in [-0.4, -0.2) is 30.8 Å². The average molecular weight is 292 g/mol. The van der Waals surface area contributed by atoms with Gasteiger partial charge in [-0.3, -0.25) is 4.79 Å². The summed E-state index contributed by atoms with van der Waals surface area (Å²) in [5.41, 5.74) is 3.00. The fourth-order valence-electron chi connectivity index (χ4n) is 2.40. The highest BCUT2D eigenvalue weighted by Gasteiger charge is 2.13. The monoisotopic (exact) mass is 292 g/mol. The normalized spacial score (nSPS) is 11.1. The first-order chi connectivity index (χ1) is 10.8. The lowest BCUT2D eigenvalue weighted by Gasteiger charge is -2.01. The molecule has 7 nitrogen and oxygen atoms in total. The van der Waals surface area contributed by atoms with Crippen LogP contribution < -0.4 is 5.32 Å². The number of rotatable bonds is 3. The Kier molecular flexibility index (Phi) is 2.82. The number of H-pyrrole nitrogens is 2. The molecule has 0 saturated carbocycles. The van der Waals surface area contributed by atoms with E-state index >= 15 is 0 Å². The van der Waals surface area contributed by atoms with Crippen LogP contribution in [0.25, 0.3) is 22.1 Å². The fraction of sp³-hybridized carbons (Fsp3) is 0.0667. The Morgan fingerprint density at radius 1 is 1.27 bits per heavy atom. The number of hydrogen-bond donors (Lipinski definition) is 3. The van der Waals surface area contributed by atoms with Crippen LogP contribution in [0.4, 0.5) is 0 Å². The van der Waals surface area contributed by atoms with E-state index in [0.717, 1.165) is 11.0 Å². The first-order valence-corrected chi connectivity index (χ1v) is 6.80. The van der Waals surface area contributed by atoms with E-state index in [1.807, 2.05) is 24.3 Å². The van der Waals surface area contributed by atoms with Crippen molar-refractivity contribution >= 4 is 28.0 Å². The van der Waals surface area contributed by atoms with Crippen LogP contribution in [0.15, 0.2) is 43.0 Å². The van der Waals surface area contributed by atoms with Crippen molar-refractivity contribution in [2.24, 2.45) is 0 Å². The van der Waals surface area contributed by atoms with Gasteiger partial charge in [0, 0.05) is 17.8 Å². The number of hydrogen-bond acceptors (Lipinski definition) is 4. The Bertz CT molecular complexity index is 937. The SMILES string of the molecule is O=C(NCc1nc2ccccc2[nH]1)c1c[nH]c2ncncc12. The summed E-state index contributed by atoms with van der Waals surface area (Å²) in [5, 5.41) is 3.54. The maximum Gasteiger partial charge on any atom is 0.253 e. The van der Waals surface area contributed by atoms with Crippen molar-refractivity contribution in [3.05, 3.63) is 54.4 Å². The van der Waals surface area contributed by atoms with E-state index < -0.39 is 0 Å². The van der Waals surface area contributed by atoms with Crippen LogP contribution in [-0.2, 0) is 6.54 Å². The summed E-state index contributed by atoms with van der Waals surface area (Å²) in [6.07, 6.45) is 4.69. The third-order valence-corrected chi connectivity index (χ3v) is 3.46. The summed E-state index contributed by atoms with van der Waals surface area (Å²) in [5.74, 6) is 0.521. The molecule has 0 fully saturated rings. The summed E-state index contributed by atoms with van der Waals surface area (Å²) >= 11 is 0.